The molecule has 6 heteroatoms. The summed E-state index contributed by atoms with van der Waals surface area (Å²) >= 11 is 0. The molecule has 0 unspecified atom stereocenters. The Morgan fingerprint density at radius 1 is 1.12 bits per heavy atom. The lowest BCUT2D eigenvalue weighted by molar-refractivity contribution is 0.259. The molecule has 0 saturated carbocycles. The Bertz CT molecular complexity index is 880. The summed E-state index contributed by atoms with van der Waals surface area (Å²) in [4.78, 5) is 15.5. The summed E-state index contributed by atoms with van der Waals surface area (Å²) < 4.78 is 11.1. The van der Waals surface area contributed by atoms with Crippen LogP contribution in [-0.2, 0) is 6.61 Å². The summed E-state index contributed by atoms with van der Waals surface area (Å²) in [5.74, 6) is 1.06. The molecule has 0 spiro atoms. The number of ether oxygens (including phenoxy) is 2. The van der Waals surface area contributed by atoms with Crippen LogP contribution in [0, 0.1) is 0 Å². The minimum Gasteiger partial charge on any atom is -0.493 e. The first-order valence-electron chi connectivity index (χ1n) is 7.37. The molecule has 3 rings (SSSR count). The number of para-hydroxylation sites is 1. The van der Waals surface area contributed by atoms with Gasteiger partial charge in [-0.2, -0.15) is 0 Å². The van der Waals surface area contributed by atoms with Crippen molar-refractivity contribution in [1.82, 2.24) is 4.98 Å². The largest absolute Gasteiger partial charge is 0.493 e. The zero-order chi connectivity index (χ0) is 16.9. The van der Waals surface area contributed by atoms with E-state index in [1.165, 1.54) is 0 Å². The van der Waals surface area contributed by atoms with Crippen molar-refractivity contribution in [3.05, 3.63) is 60.3 Å². The van der Waals surface area contributed by atoms with Gasteiger partial charge in [-0.25, -0.2) is 9.78 Å². The van der Waals surface area contributed by atoms with Crippen LogP contribution in [-0.4, -0.2) is 18.1 Å². The van der Waals surface area contributed by atoms with E-state index in [1.54, 1.807) is 25.3 Å². The molecule has 122 valence electrons. The van der Waals surface area contributed by atoms with Crippen molar-refractivity contribution in [3.8, 4) is 11.5 Å². The molecule has 1 aromatic heterocycles. The molecule has 0 aliphatic carbocycles. The van der Waals surface area contributed by atoms with Gasteiger partial charge in [0.1, 0.15) is 6.61 Å². The Labute approximate surface area is 139 Å². The normalized spacial score (nSPS) is 10.4. The monoisotopic (exact) mass is 323 g/mol. The molecule has 0 aliphatic rings. The van der Waals surface area contributed by atoms with Crippen LogP contribution in [0.4, 0.5) is 10.5 Å². The molecular formula is C18H17N3O3. The maximum absolute atomic E-state index is 11.0. The molecule has 6 nitrogen and oxygen atoms in total. The fourth-order valence-corrected chi connectivity index (χ4v) is 2.35. The molecule has 3 aromatic rings. The summed E-state index contributed by atoms with van der Waals surface area (Å²) in [5.41, 5.74) is 7.37. The highest BCUT2D eigenvalue weighted by atomic mass is 16.5. The van der Waals surface area contributed by atoms with Crippen molar-refractivity contribution in [2.75, 3.05) is 12.4 Å². The smallest absolute Gasteiger partial charge is 0.316 e. The number of nitrogens with zero attached hydrogens (tertiary/aromatic N) is 1. The molecule has 0 atom stereocenters. The van der Waals surface area contributed by atoms with E-state index in [9.17, 15) is 4.79 Å². The molecule has 0 aliphatic heterocycles. The van der Waals surface area contributed by atoms with Crippen LogP contribution in [0.5, 0.6) is 11.5 Å². The Morgan fingerprint density at radius 3 is 2.75 bits per heavy atom. The lowest BCUT2D eigenvalue weighted by Gasteiger charge is -2.12. The van der Waals surface area contributed by atoms with Gasteiger partial charge < -0.3 is 20.5 Å². The first kappa shape index (κ1) is 15.6. The molecule has 2 amide bonds. The number of benzene rings is 2. The fourth-order valence-electron chi connectivity index (χ4n) is 2.35. The zero-order valence-electron chi connectivity index (χ0n) is 13.2. The fraction of sp³-hybridized carbons (Fsp3) is 0.111. The number of hydrogen-bond acceptors (Lipinski definition) is 4. The van der Waals surface area contributed by atoms with Gasteiger partial charge in [-0.1, -0.05) is 24.3 Å². The number of urea groups is 1. The molecule has 1 heterocycles. The summed E-state index contributed by atoms with van der Waals surface area (Å²) in [5, 5.41) is 3.58. The molecule has 24 heavy (non-hydrogen) atoms. The first-order valence-corrected chi connectivity index (χ1v) is 7.37. The van der Waals surface area contributed by atoms with Gasteiger partial charge in [-0.3, -0.25) is 0 Å². The summed E-state index contributed by atoms with van der Waals surface area (Å²) in [7, 11) is 1.55. The Kier molecular flexibility index (Phi) is 4.47. The minimum absolute atomic E-state index is 0.279. The maximum Gasteiger partial charge on any atom is 0.316 e. The van der Waals surface area contributed by atoms with Crippen molar-refractivity contribution in [2.45, 2.75) is 6.61 Å². The number of methoxy groups -OCH3 is 1. The number of carbonyl (C=O) groups excluding carboxylic acids is 1. The van der Waals surface area contributed by atoms with Gasteiger partial charge >= 0.3 is 6.03 Å². The van der Waals surface area contributed by atoms with Crippen LogP contribution >= 0.6 is 0 Å². The highest BCUT2D eigenvalue weighted by molar-refractivity contribution is 5.88. The number of amides is 2. The van der Waals surface area contributed by atoms with Gasteiger partial charge in [0.05, 0.1) is 18.3 Å². The van der Waals surface area contributed by atoms with Crippen molar-refractivity contribution >= 4 is 22.6 Å². The summed E-state index contributed by atoms with van der Waals surface area (Å²) in [6.45, 7) is 0.279. The van der Waals surface area contributed by atoms with Gasteiger partial charge in [0.15, 0.2) is 11.5 Å². The third kappa shape index (κ3) is 3.55. The second kappa shape index (κ2) is 6.87. The maximum atomic E-state index is 11.0. The number of pyridine rings is 1. The van der Waals surface area contributed by atoms with E-state index < -0.39 is 6.03 Å². The van der Waals surface area contributed by atoms with Gasteiger partial charge in [-0.05, 0) is 24.3 Å². The van der Waals surface area contributed by atoms with Crippen LogP contribution in [0.25, 0.3) is 10.9 Å². The number of hydrogen-bond donors (Lipinski definition) is 2. The highest BCUT2D eigenvalue weighted by Gasteiger charge is 2.08. The van der Waals surface area contributed by atoms with Gasteiger partial charge in [0, 0.05) is 17.1 Å². The van der Waals surface area contributed by atoms with Gasteiger partial charge in [-0.15, -0.1) is 0 Å². The number of anilines is 1. The van der Waals surface area contributed by atoms with E-state index >= 15 is 0 Å². The van der Waals surface area contributed by atoms with Crippen molar-refractivity contribution in [3.63, 3.8) is 0 Å². The van der Waals surface area contributed by atoms with Crippen molar-refractivity contribution < 1.29 is 14.3 Å². The van der Waals surface area contributed by atoms with E-state index in [0.29, 0.717) is 17.2 Å². The van der Waals surface area contributed by atoms with E-state index in [1.807, 2.05) is 36.4 Å². The molecule has 2 aromatic carbocycles. The van der Waals surface area contributed by atoms with E-state index in [2.05, 4.69) is 10.3 Å². The van der Waals surface area contributed by atoms with Gasteiger partial charge in [0.2, 0.25) is 0 Å². The third-order valence-electron chi connectivity index (χ3n) is 3.46. The molecule has 3 N–H and O–H groups in total. The van der Waals surface area contributed by atoms with Crippen molar-refractivity contribution in [1.29, 1.82) is 0 Å². The quantitative estimate of drug-likeness (QED) is 0.754. The number of fused-ring (bicyclic) bond motifs is 1. The zero-order valence-corrected chi connectivity index (χ0v) is 13.2. The third-order valence-corrected chi connectivity index (χ3v) is 3.46. The Balaban J connectivity index is 1.80. The second-order valence-electron chi connectivity index (χ2n) is 5.14. The number of nitrogens with one attached hydrogen (secondary N) is 1. The SMILES string of the molecule is COc1ccc(NC(N)=O)cc1OCc1ccc2ccccc2n1. The lowest BCUT2D eigenvalue weighted by Crippen LogP contribution is -2.19. The second-order valence-corrected chi connectivity index (χ2v) is 5.14. The molecule has 0 radical (unpaired) electrons. The number of nitrogens with two attached hydrogens (primary N) is 1. The molecule has 0 fully saturated rings. The number of aromatic nitrogens is 1. The predicted molar refractivity (Wildman–Crippen MR) is 92.3 cm³/mol. The lowest BCUT2D eigenvalue weighted by atomic mass is 10.2. The van der Waals surface area contributed by atoms with Crippen LogP contribution < -0.4 is 20.5 Å². The summed E-state index contributed by atoms with van der Waals surface area (Å²) in [6.07, 6.45) is 0. The van der Waals surface area contributed by atoms with Gasteiger partial charge in [0.25, 0.3) is 0 Å². The van der Waals surface area contributed by atoms with Crippen molar-refractivity contribution in [2.24, 2.45) is 5.73 Å². The topological polar surface area (TPSA) is 86.5 Å². The first-order chi connectivity index (χ1) is 11.7. The summed E-state index contributed by atoms with van der Waals surface area (Å²) in [6, 6.07) is 16.2. The van der Waals surface area contributed by atoms with Crippen LogP contribution in [0.1, 0.15) is 5.69 Å². The number of rotatable bonds is 5. The van der Waals surface area contributed by atoms with Crippen LogP contribution in [0.3, 0.4) is 0 Å². The molecular weight excluding hydrogens is 306 g/mol. The molecule has 0 saturated heterocycles. The van der Waals surface area contributed by atoms with E-state index in [4.69, 9.17) is 15.2 Å². The predicted octanol–water partition coefficient (Wildman–Crippen LogP) is 3.31. The Morgan fingerprint density at radius 2 is 1.96 bits per heavy atom. The van der Waals surface area contributed by atoms with E-state index in [0.717, 1.165) is 16.6 Å². The highest BCUT2D eigenvalue weighted by Crippen LogP contribution is 2.30. The minimum atomic E-state index is -0.637. The van der Waals surface area contributed by atoms with Crippen LogP contribution in [0.2, 0.25) is 0 Å². The standard InChI is InChI=1S/C18H17N3O3/c1-23-16-9-8-13(21-18(19)22)10-17(16)24-11-14-7-6-12-4-2-3-5-15(12)20-14/h2-10H,11H2,1H3,(H3,19,21,22). The van der Waals surface area contributed by atoms with Crippen LogP contribution in [0.15, 0.2) is 54.6 Å². The number of carbonyl (C=O) groups is 1. The van der Waals surface area contributed by atoms with E-state index in [-0.39, 0.29) is 6.61 Å². The molecule has 0 bridgehead atoms. The Hall–Kier alpha value is -3.28. The average Bonchev–Trinajstić information content (AvgIpc) is 2.59. The number of primary amides is 1. The average molecular weight is 323 g/mol.